The normalized spacial score (nSPS) is 54.7. The van der Waals surface area contributed by atoms with E-state index in [0.29, 0.717) is 32.1 Å². The Hall–Kier alpha value is -2.05. The summed E-state index contributed by atoms with van der Waals surface area (Å²) in [7, 11) is 0. The molecule has 0 aromatic rings. The van der Waals surface area contributed by atoms with Crippen molar-refractivity contribution in [3.8, 4) is 0 Å². The third kappa shape index (κ3) is 6.14. The molecule has 5 aliphatic carbocycles. The number of hydrogen-bond acceptors (Lipinski definition) is 13. The summed E-state index contributed by atoms with van der Waals surface area (Å²) in [6, 6.07) is 0. The summed E-state index contributed by atoms with van der Waals surface area (Å²) in [5.41, 5.74) is -1.32. The van der Waals surface area contributed by atoms with Crippen LogP contribution in [0.3, 0.4) is 0 Å². The summed E-state index contributed by atoms with van der Waals surface area (Å²) in [6.07, 6.45) is -10.4. The fourth-order valence-electron chi connectivity index (χ4n) is 14.4. The van der Waals surface area contributed by atoms with E-state index in [0.717, 1.165) is 44.0 Å². The third-order valence-electron chi connectivity index (χ3n) is 17.6. The third-order valence-corrected chi connectivity index (χ3v) is 17.6. The van der Waals surface area contributed by atoms with Crippen molar-refractivity contribution in [3.05, 3.63) is 12.2 Å². The maximum Gasteiger partial charge on any atom is 0.335 e. The Labute approximate surface area is 333 Å². The van der Waals surface area contributed by atoms with Crippen LogP contribution in [0.25, 0.3) is 0 Å². The predicted octanol–water partition coefficient (Wildman–Crippen LogP) is 2.01. The van der Waals surface area contributed by atoms with Gasteiger partial charge >= 0.3 is 11.9 Å². The van der Waals surface area contributed by atoms with Gasteiger partial charge in [0.05, 0.1) is 23.5 Å². The van der Waals surface area contributed by atoms with Crippen LogP contribution in [0.15, 0.2) is 12.2 Å². The molecule has 21 atom stereocenters. The summed E-state index contributed by atoms with van der Waals surface area (Å²) in [5.74, 6) is -1.77. The first-order chi connectivity index (χ1) is 26.7. The van der Waals surface area contributed by atoms with Crippen LogP contribution in [0.5, 0.6) is 0 Å². The van der Waals surface area contributed by atoms with Crippen molar-refractivity contribution >= 4 is 18.2 Å². The molecule has 7 rings (SSSR count). The van der Waals surface area contributed by atoms with Gasteiger partial charge in [-0.1, -0.05) is 39.8 Å². The van der Waals surface area contributed by atoms with E-state index in [1.807, 2.05) is 13.8 Å². The highest BCUT2D eigenvalue weighted by Gasteiger charge is 2.73. The summed E-state index contributed by atoms with van der Waals surface area (Å²) in [5, 5.41) is 84.0. The Morgan fingerprint density at radius 1 is 0.754 bits per heavy atom. The fraction of sp³-hybridized carbons (Fsp3) is 0.881. The van der Waals surface area contributed by atoms with Crippen molar-refractivity contribution in [1.29, 1.82) is 0 Å². The number of aldehydes is 1. The van der Waals surface area contributed by atoms with Crippen LogP contribution in [0, 0.1) is 56.7 Å². The zero-order chi connectivity index (χ0) is 41.8. The number of ether oxygens (including phenoxy) is 4. The Balaban J connectivity index is 1.13. The second-order valence-electron chi connectivity index (χ2n) is 19.8. The summed E-state index contributed by atoms with van der Waals surface area (Å²) in [4.78, 5) is 38.8. The smallest absolute Gasteiger partial charge is 0.335 e. The van der Waals surface area contributed by atoms with E-state index in [-0.39, 0.29) is 45.8 Å². The molecule has 2 aliphatic heterocycles. The number of aliphatic hydroxyl groups excluding tert-OH is 6. The number of carbonyl (C=O) groups excluding carboxylic acids is 1. The Morgan fingerprint density at radius 2 is 1.44 bits per heavy atom. The molecule has 0 bridgehead atoms. The summed E-state index contributed by atoms with van der Waals surface area (Å²) < 4.78 is 23.2. The average molecular weight is 809 g/mol. The molecule has 0 aromatic heterocycles. The molecule has 322 valence electrons. The van der Waals surface area contributed by atoms with Crippen LogP contribution >= 0.6 is 0 Å². The van der Waals surface area contributed by atoms with E-state index in [4.69, 9.17) is 18.9 Å². The quantitative estimate of drug-likeness (QED) is 0.0943. The number of allylic oxidation sites excluding steroid dienone is 1. The molecule has 0 unspecified atom stereocenters. The Morgan fingerprint density at radius 3 is 2.05 bits per heavy atom. The van der Waals surface area contributed by atoms with Gasteiger partial charge in [-0.2, -0.15) is 0 Å². The van der Waals surface area contributed by atoms with E-state index in [1.165, 1.54) is 0 Å². The number of aliphatic carboxylic acids is 2. The first-order valence-electron chi connectivity index (χ1n) is 20.9. The molecule has 0 aromatic carbocycles. The average Bonchev–Trinajstić information content (AvgIpc) is 3.57. The summed E-state index contributed by atoms with van der Waals surface area (Å²) >= 11 is 0. The van der Waals surface area contributed by atoms with Gasteiger partial charge in [0.25, 0.3) is 0 Å². The molecule has 2 saturated heterocycles. The van der Waals surface area contributed by atoms with Crippen molar-refractivity contribution in [3.63, 3.8) is 0 Å². The molecule has 15 heteroatoms. The van der Waals surface area contributed by atoms with Crippen LogP contribution < -0.4 is 0 Å². The molecule has 7 aliphatic rings. The lowest BCUT2D eigenvalue weighted by molar-refractivity contribution is -0.365. The highest BCUT2D eigenvalue weighted by Crippen LogP contribution is 2.77. The summed E-state index contributed by atoms with van der Waals surface area (Å²) in [6.45, 7) is 14.6. The monoisotopic (exact) mass is 808 g/mol. The molecule has 0 spiro atoms. The molecular weight excluding hydrogens is 744 g/mol. The number of rotatable bonds is 9. The molecule has 57 heavy (non-hydrogen) atoms. The lowest BCUT2D eigenvalue weighted by Crippen LogP contribution is -2.68. The first kappa shape index (κ1) is 43.1. The highest BCUT2D eigenvalue weighted by molar-refractivity contribution is 5.76. The van der Waals surface area contributed by atoms with Gasteiger partial charge in [-0.25, -0.2) is 4.79 Å². The van der Waals surface area contributed by atoms with Crippen molar-refractivity contribution in [2.75, 3.05) is 6.61 Å². The lowest BCUT2D eigenvalue weighted by atomic mass is 9.32. The van der Waals surface area contributed by atoms with Crippen molar-refractivity contribution < 1.29 is 74.2 Å². The molecule has 0 radical (unpaired) electrons. The van der Waals surface area contributed by atoms with Crippen LogP contribution in [-0.2, 0) is 33.3 Å². The second kappa shape index (κ2) is 14.8. The molecule has 5 saturated carbocycles. The van der Waals surface area contributed by atoms with E-state index in [9.17, 15) is 55.2 Å². The van der Waals surface area contributed by atoms with E-state index in [1.54, 1.807) is 0 Å². The Kier molecular flexibility index (Phi) is 11.2. The first-order valence-corrected chi connectivity index (χ1v) is 20.9. The van der Waals surface area contributed by atoms with Gasteiger partial charge in [0.1, 0.15) is 49.0 Å². The zero-order valence-corrected chi connectivity index (χ0v) is 33.7. The van der Waals surface area contributed by atoms with Crippen molar-refractivity contribution in [2.45, 2.75) is 166 Å². The van der Waals surface area contributed by atoms with Gasteiger partial charge in [-0.05, 0) is 117 Å². The molecule has 0 amide bonds. The van der Waals surface area contributed by atoms with Gasteiger partial charge < -0.3 is 64.6 Å². The fourth-order valence-corrected chi connectivity index (χ4v) is 14.4. The SMILES string of the molecule is C=C(C)[C@@H]1CC[C@]2(C(=O)O)CC[C@]3(C)[C@H](CC[C@@H]4[C@@]5(C)CC[C@H](O[C@@H]6O[C@H](C(=O)O)[C@@H](O)[C@H](O[C@@H]7O[C@H](CO)[C@@H](O)[C@H](O)[C@H]7O)[C@H]6O)[C@@](C)(C=O)[C@@H]5CC[C@]43C)[C@@H]12. The number of carboxylic acids is 2. The number of carboxylic acid groups (broad SMARTS) is 2. The minimum atomic E-state index is -2.00. The molecular formula is C42H64O15. The van der Waals surface area contributed by atoms with Gasteiger partial charge in [0, 0.05) is 0 Å². The maximum atomic E-state index is 13.5. The highest BCUT2D eigenvalue weighted by atomic mass is 16.7. The van der Waals surface area contributed by atoms with Crippen LogP contribution in [0.2, 0.25) is 0 Å². The second-order valence-corrected chi connectivity index (χ2v) is 19.8. The number of fused-ring (bicyclic) bond motifs is 7. The van der Waals surface area contributed by atoms with Crippen LogP contribution in [0.1, 0.15) is 98.8 Å². The molecule has 7 fully saturated rings. The minimum absolute atomic E-state index is 0.0301. The minimum Gasteiger partial charge on any atom is -0.481 e. The predicted molar refractivity (Wildman–Crippen MR) is 199 cm³/mol. The topological polar surface area (TPSA) is 250 Å². The Bertz CT molecular complexity index is 1590. The molecule has 8 N–H and O–H groups in total. The van der Waals surface area contributed by atoms with E-state index < -0.39 is 96.9 Å². The maximum absolute atomic E-state index is 13.5. The molecule has 2 heterocycles. The number of carbonyl (C=O) groups is 3. The van der Waals surface area contributed by atoms with E-state index in [2.05, 4.69) is 27.4 Å². The number of hydrogen-bond donors (Lipinski definition) is 8. The van der Waals surface area contributed by atoms with Crippen LogP contribution in [-0.4, -0.2) is 133 Å². The van der Waals surface area contributed by atoms with E-state index >= 15 is 0 Å². The van der Waals surface area contributed by atoms with Crippen molar-refractivity contribution in [2.24, 2.45) is 56.7 Å². The van der Waals surface area contributed by atoms with Gasteiger partial charge in [-0.3, -0.25) is 4.79 Å². The molecule has 15 nitrogen and oxygen atoms in total. The lowest BCUT2D eigenvalue weighted by Gasteiger charge is -2.72. The standard InChI is InChI=1S/C42H64O15/c1-19(2)20-9-14-42(37(52)53)16-15-40(5)21(26(20)42)7-8-24-38(3)12-11-25(39(4,18-44)23(38)10-13-41(24,40)6)55-36-31(49)32(30(48)33(57-36)34(50)51)56-35-29(47)28(46)27(45)22(17-43)54-35/h18,20-33,35-36,43,45-49H,1,7-17H2,2-6H3,(H,50,51)(H,52,53)/t20-,21+,22+,23+,24+,25-,26+,27+,28-,29+,30-,31+,32-,33-,35-,36+,38-,39-,40+,41+,42-/m0/s1. The van der Waals surface area contributed by atoms with Crippen LogP contribution in [0.4, 0.5) is 0 Å². The van der Waals surface area contributed by atoms with Gasteiger partial charge in [0.15, 0.2) is 18.7 Å². The van der Waals surface area contributed by atoms with Gasteiger partial charge in [-0.15, -0.1) is 0 Å². The van der Waals surface area contributed by atoms with Crippen molar-refractivity contribution in [1.82, 2.24) is 0 Å². The van der Waals surface area contributed by atoms with Gasteiger partial charge in [0.2, 0.25) is 0 Å². The zero-order valence-electron chi connectivity index (χ0n) is 33.7. The number of aliphatic hydroxyl groups is 6. The largest absolute Gasteiger partial charge is 0.481 e.